The monoisotopic (exact) mass is 255 g/mol. The van der Waals surface area contributed by atoms with Crippen molar-refractivity contribution in [3.63, 3.8) is 0 Å². The summed E-state index contributed by atoms with van der Waals surface area (Å²) < 4.78 is 0. The first-order valence-electron chi connectivity index (χ1n) is 6.76. The van der Waals surface area contributed by atoms with Crippen LogP contribution in [0.1, 0.15) is 26.7 Å². The topological polar surface area (TPSA) is 43.9 Å². The third-order valence-corrected chi connectivity index (χ3v) is 3.57. The lowest BCUT2D eigenvalue weighted by molar-refractivity contribution is -0.136. The van der Waals surface area contributed by atoms with Crippen molar-refractivity contribution in [2.24, 2.45) is 5.92 Å². The van der Waals surface area contributed by atoms with E-state index in [1.807, 2.05) is 23.6 Å². The van der Waals surface area contributed by atoms with Crippen molar-refractivity contribution in [3.05, 3.63) is 0 Å². The molecule has 18 heavy (non-hydrogen) atoms. The van der Waals surface area contributed by atoms with Crippen molar-refractivity contribution in [1.82, 2.24) is 14.7 Å². The lowest BCUT2D eigenvalue weighted by atomic mass is 9.95. The number of rotatable bonds is 3. The van der Waals surface area contributed by atoms with Crippen molar-refractivity contribution in [3.8, 4) is 0 Å². The van der Waals surface area contributed by atoms with Crippen LogP contribution >= 0.6 is 0 Å². The predicted molar refractivity (Wildman–Crippen MR) is 71.3 cm³/mol. The van der Waals surface area contributed by atoms with E-state index in [1.54, 1.807) is 19.0 Å². The molecule has 0 spiro atoms. The summed E-state index contributed by atoms with van der Waals surface area (Å²) in [5.74, 6) is 0.341. The molecule has 0 bridgehead atoms. The van der Waals surface area contributed by atoms with Gasteiger partial charge in [-0.05, 0) is 26.7 Å². The first-order chi connectivity index (χ1) is 8.51. The minimum absolute atomic E-state index is 0.0451. The van der Waals surface area contributed by atoms with Crippen LogP contribution in [0.5, 0.6) is 0 Å². The molecule has 0 aromatic heterocycles. The largest absolute Gasteiger partial charge is 0.343 e. The van der Waals surface area contributed by atoms with Crippen LogP contribution in [0.15, 0.2) is 0 Å². The number of hydrogen-bond acceptors (Lipinski definition) is 2. The molecule has 0 aromatic carbocycles. The zero-order valence-corrected chi connectivity index (χ0v) is 12.0. The Morgan fingerprint density at radius 1 is 1.11 bits per heavy atom. The van der Waals surface area contributed by atoms with E-state index in [-0.39, 0.29) is 17.9 Å². The number of likely N-dealkylation sites (tertiary alicyclic amines) is 1. The second kappa shape index (κ2) is 6.61. The van der Waals surface area contributed by atoms with Gasteiger partial charge in [-0.2, -0.15) is 0 Å². The molecule has 0 aliphatic carbocycles. The quantitative estimate of drug-likeness (QED) is 0.762. The van der Waals surface area contributed by atoms with Crippen molar-refractivity contribution in [2.75, 3.05) is 40.3 Å². The smallest absolute Gasteiger partial charge is 0.319 e. The number of piperidine rings is 1. The molecule has 104 valence electrons. The summed E-state index contributed by atoms with van der Waals surface area (Å²) in [6, 6.07) is 0.0451. The number of carbonyl (C=O) groups is 2. The molecule has 1 aliphatic rings. The van der Waals surface area contributed by atoms with Gasteiger partial charge in [-0.1, -0.05) is 0 Å². The van der Waals surface area contributed by atoms with Crippen LogP contribution < -0.4 is 0 Å². The highest BCUT2D eigenvalue weighted by Crippen LogP contribution is 2.20. The molecule has 0 saturated carbocycles. The fourth-order valence-electron chi connectivity index (χ4n) is 2.39. The fraction of sp³-hybridized carbons (Fsp3) is 0.846. The summed E-state index contributed by atoms with van der Waals surface area (Å²) in [6.07, 6.45) is 1.57. The Morgan fingerprint density at radius 3 is 2.00 bits per heavy atom. The number of carbonyl (C=O) groups excluding carboxylic acids is 2. The summed E-state index contributed by atoms with van der Waals surface area (Å²) in [5, 5.41) is 0. The Labute approximate surface area is 110 Å². The highest BCUT2D eigenvalue weighted by atomic mass is 16.2. The first-order valence-corrected chi connectivity index (χ1v) is 6.76. The second-order valence-corrected chi connectivity index (χ2v) is 4.95. The van der Waals surface area contributed by atoms with Gasteiger partial charge < -0.3 is 14.7 Å². The molecule has 1 heterocycles. The van der Waals surface area contributed by atoms with E-state index in [4.69, 9.17) is 0 Å². The molecule has 5 nitrogen and oxygen atoms in total. The summed E-state index contributed by atoms with van der Waals surface area (Å²) in [5.41, 5.74) is 0. The van der Waals surface area contributed by atoms with Gasteiger partial charge in [-0.25, -0.2) is 4.79 Å². The molecule has 0 radical (unpaired) electrons. The van der Waals surface area contributed by atoms with E-state index < -0.39 is 0 Å². The molecule has 1 saturated heterocycles. The van der Waals surface area contributed by atoms with E-state index >= 15 is 0 Å². The Kier molecular flexibility index (Phi) is 5.44. The first kappa shape index (κ1) is 14.8. The molecule has 0 N–H and O–H groups in total. The normalized spacial score (nSPS) is 16.6. The highest BCUT2D eigenvalue weighted by Gasteiger charge is 2.29. The van der Waals surface area contributed by atoms with Crippen LogP contribution in [0.3, 0.4) is 0 Å². The van der Waals surface area contributed by atoms with Gasteiger partial charge in [0.25, 0.3) is 0 Å². The Morgan fingerprint density at radius 2 is 1.61 bits per heavy atom. The Bertz CT molecular complexity index is 293. The van der Waals surface area contributed by atoms with Gasteiger partial charge >= 0.3 is 6.03 Å². The third kappa shape index (κ3) is 3.37. The van der Waals surface area contributed by atoms with Crippen molar-refractivity contribution >= 4 is 11.9 Å². The molecule has 0 atom stereocenters. The van der Waals surface area contributed by atoms with Crippen LogP contribution in [0.25, 0.3) is 0 Å². The summed E-state index contributed by atoms with van der Waals surface area (Å²) in [7, 11) is 3.52. The van der Waals surface area contributed by atoms with Crippen molar-refractivity contribution in [2.45, 2.75) is 26.7 Å². The SMILES string of the molecule is CCN(CC)C(=O)C1CCN(C(=O)N(C)C)CC1. The number of urea groups is 1. The maximum absolute atomic E-state index is 12.2. The zero-order valence-electron chi connectivity index (χ0n) is 12.0. The fourth-order valence-corrected chi connectivity index (χ4v) is 2.39. The van der Waals surface area contributed by atoms with Gasteiger partial charge in [0.1, 0.15) is 0 Å². The molecule has 0 unspecified atom stereocenters. The number of hydrogen-bond donors (Lipinski definition) is 0. The number of nitrogens with zero attached hydrogens (tertiary/aromatic N) is 3. The van der Waals surface area contributed by atoms with E-state index in [0.29, 0.717) is 13.1 Å². The van der Waals surface area contributed by atoms with E-state index in [0.717, 1.165) is 25.9 Å². The number of amides is 3. The zero-order chi connectivity index (χ0) is 13.7. The van der Waals surface area contributed by atoms with E-state index in [1.165, 1.54) is 0 Å². The third-order valence-electron chi connectivity index (χ3n) is 3.57. The predicted octanol–water partition coefficient (Wildman–Crippen LogP) is 1.25. The standard InChI is InChI=1S/C13H25N3O2/c1-5-15(6-2)12(17)11-7-9-16(10-8-11)13(18)14(3)4/h11H,5-10H2,1-4H3. The molecular weight excluding hydrogens is 230 g/mol. The maximum Gasteiger partial charge on any atom is 0.319 e. The maximum atomic E-state index is 12.2. The van der Waals surface area contributed by atoms with E-state index in [2.05, 4.69) is 0 Å². The average Bonchev–Trinajstić information content (AvgIpc) is 2.39. The van der Waals surface area contributed by atoms with Crippen LogP contribution in [0.2, 0.25) is 0 Å². The molecule has 5 heteroatoms. The van der Waals surface area contributed by atoms with Crippen molar-refractivity contribution < 1.29 is 9.59 Å². The van der Waals surface area contributed by atoms with Gasteiger partial charge in [0.05, 0.1) is 0 Å². The minimum atomic E-state index is 0.0451. The summed E-state index contributed by atoms with van der Waals surface area (Å²) >= 11 is 0. The molecule has 1 aliphatic heterocycles. The van der Waals surface area contributed by atoms with Gasteiger partial charge in [-0.3, -0.25) is 4.79 Å². The second-order valence-electron chi connectivity index (χ2n) is 4.95. The Hall–Kier alpha value is -1.26. The van der Waals surface area contributed by atoms with Crippen LogP contribution in [0.4, 0.5) is 4.79 Å². The van der Waals surface area contributed by atoms with Crippen LogP contribution in [0, 0.1) is 5.92 Å². The molecule has 0 aromatic rings. The summed E-state index contributed by atoms with van der Waals surface area (Å²) in [4.78, 5) is 29.3. The molecule has 1 fully saturated rings. The van der Waals surface area contributed by atoms with Gasteiger partial charge in [0, 0.05) is 46.2 Å². The molecule has 3 amide bonds. The highest BCUT2D eigenvalue weighted by molar-refractivity contribution is 5.79. The van der Waals surface area contributed by atoms with E-state index in [9.17, 15) is 9.59 Å². The molecular formula is C13H25N3O2. The lowest BCUT2D eigenvalue weighted by Gasteiger charge is -2.34. The van der Waals surface area contributed by atoms with Crippen LogP contribution in [-0.4, -0.2) is 66.9 Å². The molecule has 1 rings (SSSR count). The van der Waals surface area contributed by atoms with Gasteiger partial charge in [0.15, 0.2) is 0 Å². The van der Waals surface area contributed by atoms with Crippen LogP contribution in [-0.2, 0) is 4.79 Å². The lowest BCUT2D eigenvalue weighted by Crippen LogP contribution is -2.47. The Balaban J connectivity index is 2.49. The van der Waals surface area contributed by atoms with Gasteiger partial charge in [0.2, 0.25) is 5.91 Å². The van der Waals surface area contributed by atoms with Crippen molar-refractivity contribution in [1.29, 1.82) is 0 Å². The van der Waals surface area contributed by atoms with Gasteiger partial charge in [-0.15, -0.1) is 0 Å². The average molecular weight is 255 g/mol. The summed E-state index contributed by atoms with van der Waals surface area (Å²) in [6.45, 7) is 6.93. The minimum Gasteiger partial charge on any atom is -0.343 e.